The molecule has 0 saturated carbocycles. The van der Waals surface area contributed by atoms with Crippen molar-refractivity contribution in [1.29, 1.82) is 0 Å². The number of benzene rings is 7. The lowest BCUT2D eigenvalue weighted by Gasteiger charge is -2.29. The molecule has 0 unspecified atom stereocenters. The number of nitrogens with zero attached hydrogens (tertiary/aromatic N) is 4. The molecule has 7 aromatic carbocycles. The van der Waals surface area contributed by atoms with Crippen LogP contribution in [-0.4, -0.2) is 16.2 Å². The Bertz CT molecular complexity index is 3320. The van der Waals surface area contributed by atoms with Crippen molar-refractivity contribution in [3.8, 4) is 28.4 Å². The van der Waals surface area contributed by atoms with E-state index in [1.54, 1.807) is 0 Å². The SMILES string of the molecule is CC(C)(C)c1cc(Oc2cc(C(C)(C)c3ccccc3)c3c4ccccc4n(-c4cc(C(C)(C)C)ccn4)c3c2)cc(N2CN(c3cc(-c4ccccc4)cc(C(C)(C)C)c3)c3ccccc32)c1. The molecule has 0 fully saturated rings. The highest BCUT2D eigenvalue weighted by Gasteiger charge is 2.32. The second-order valence-corrected chi connectivity index (χ2v) is 22.3. The van der Waals surface area contributed by atoms with Crippen LogP contribution in [-0.2, 0) is 21.7 Å². The number of rotatable bonds is 8. The van der Waals surface area contributed by atoms with Gasteiger partial charge in [0.2, 0.25) is 0 Å². The molecule has 0 amide bonds. The number of fused-ring (bicyclic) bond motifs is 4. The highest BCUT2D eigenvalue weighted by atomic mass is 16.5. The molecule has 9 aromatic rings. The molecule has 0 aliphatic carbocycles. The minimum atomic E-state index is -0.375. The van der Waals surface area contributed by atoms with E-state index in [0.717, 1.165) is 39.7 Å². The highest BCUT2D eigenvalue weighted by molar-refractivity contribution is 6.12. The van der Waals surface area contributed by atoms with Gasteiger partial charge in [-0.15, -0.1) is 0 Å². The maximum Gasteiger partial charge on any atom is 0.137 e. The molecule has 342 valence electrons. The highest BCUT2D eigenvalue weighted by Crippen LogP contribution is 2.49. The predicted octanol–water partition coefficient (Wildman–Crippen LogP) is 17.1. The van der Waals surface area contributed by atoms with E-state index in [9.17, 15) is 0 Å². The quantitative estimate of drug-likeness (QED) is 0.152. The molecule has 1 aliphatic rings. The first-order valence-electron chi connectivity index (χ1n) is 24.1. The Hall–Kier alpha value is -7.11. The molecule has 0 spiro atoms. The summed E-state index contributed by atoms with van der Waals surface area (Å²) in [5.74, 6) is 2.46. The fourth-order valence-electron chi connectivity index (χ4n) is 9.91. The summed E-state index contributed by atoms with van der Waals surface area (Å²) >= 11 is 0. The summed E-state index contributed by atoms with van der Waals surface area (Å²) in [6, 6.07) is 62.0. The Labute approximate surface area is 403 Å². The third kappa shape index (κ3) is 8.23. The van der Waals surface area contributed by atoms with Crippen molar-refractivity contribution < 1.29 is 4.74 Å². The van der Waals surface area contributed by atoms with Crippen molar-refractivity contribution in [1.82, 2.24) is 9.55 Å². The standard InChI is InChI=1S/C63H64N4O/c1-60(2,3)45-30-31-64-58(37-45)67-54-27-19-18-26-52(54)59-53(63(10,11)44-24-16-13-17-25-44)39-51(40-57(59)67)68-50-36-47(62(7,8)9)35-49(38-50)66-41-65(55-28-20-21-29-56(55)66)48-33-43(42-22-14-12-15-23-42)32-46(34-48)61(4,5)6/h12-40H,41H2,1-11H3. The second kappa shape index (κ2) is 16.6. The van der Waals surface area contributed by atoms with E-state index in [0.29, 0.717) is 6.67 Å². The number of hydrogen-bond acceptors (Lipinski definition) is 4. The number of ether oxygens (including phenoxy) is 1. The summed E-state index contributed by atoms with van der Waals surface area (Å²) < 4.78 is 9.64. The Kier molecular flexibility index (Phi) is 10.9. The van der Waals surface area contributed by atoms with Gasteiger partial charge in [0.15, 0.2) is 0 Å². The molecule has 0 N–H and O–H groups in total. The summed E-state index contributed by atoms with van der Waals surface area (Å²) in [7, 11) is 0. The van der Waals surface area contributed by atoms with Gasteiger partial charge < -0.3 is 14.5 Å². The van der Waals surface area contributed by atoms with Crippen LogP contribution < -0.4 is 14.5 Å². The number of para-hydroxylation sites is 3. The van der Waals surface area contributed by atoms with Crippen molar-refractivity contribution in [3.05, 3.63) is 204 Å². The number of hydrogen-bond donors (Lipinski definition) is 0. The van der Waals surface area contributed by atoms with Crippen molar-refractivity contribution in [3.63, 3.8) is 0 Å². The lowest BCUT2D eigenvalue weighted by molar-refractivity contribution is 0.477. The van der Waals surface area contributed by atoms with Crippen LogP contribution in [0.5, 0.6) is 11.5 Å². The summed E-state index contributed by atoms with van der Waals surface area (Å²) in [6.07, 6.45) is 1.95. The molecule has 68 heavy (non-hydrogen) atoms. The number of anilines is 4. The zero-order valence-corrected chi connectivity index (χ0v) is 41.6. The van der Waals surface area contributed by atoms with Crippen molar-refractivity contribution >= 4 is 44.6 Å². The molecule has 0 radical (unpaired) electrons. The first-order valence-corrected chi connectivity index (χ1v) is 24.1. The molecule has 5 nitrogen and oxygen atoms in total. The van der Waals surface area contributed by atoms with Crippen LogP contribution in [0.3, 0.4) is 0 Å². The molecule has 10 rings (SSSR count). The molecule has 0 saturated heterocycles. The molecular formula is C63H64N4O. The molecule has 0 bridgehead atoms. The topological polar surface area (TPSA) is 33.5 Å². The van der Waals surface area contributed by atoms with Gasteiger partial charge in [0.05, 0.1) is 22.4 Å². The third-order valence-electron chi connectivity index (χ3n) is 14.0. The lowest BCUT2D eigenvalue weighted by atomic mass is 9.76. The molecule has 1 aliphatic heterocycles. The van der Waals surface area contributed by atoms with Crippen molar-refractivity contribution in [2.24, 2.45) is 0 Å². The van der Waals surface area contributed by atoms with Crippen LogP contribution in [0.15, 0.2) is 176 Å². The smallest absolute Gasteiger partial charge is 0.137 e. The van der Waals surface area contributed by atoms with E-state index in [1.165, 1.54) is 61.1 Å². The van der Waals surface area contributed by atoms with Gasteiger partial charge in [0, 0.05) is 45.9 Å². The van der Waals surface area contributed by atoms with Crippen molar-refractivity contribution in [2.75, 3.05) is 16.5 Å². The number of aromatic nitrogens is 2. The zero-order valence-electron chi connectivity index (χ0n) is 41.6. The van der Waals surface area contributed by atoms with E-state index in [1.807, 2.05) is 6.20 Å². The Morgan fingerprint density at radius 3 is 1.65 bits per heavy atom. The van der Waals surface area contributed by atoms with Crippen LogP contribution in [0.4, 0.5) is 22.7 Å². The van der Waals surface area contributed by atoms with Gasteiger partial charge in [-0.25, -0.2) is 4.98 Å². The average Bonchev–Trinajstić information content (AvgIpc) is 3.87. The minimum Gasteiger partial charge on any atom is -0.457 e. The molecular weight excluding hydrogens is 829 g/mol. The Morgan fingerprint density at radius 2 is 1.00 bits per heavy atom. The van der Waals surface area contributed by atoms with Gasteiger partial charge in [-0.05, 0) is 116 Å². The van der Waals surface area contributed by atoms with E-state index < -0.39 is 0 Å². The summed E-state index contributed by atoms with van der Waals surface area (Å²) in [5, 5.41) is 2.39. The summed E-state index contributed by atoms with van der Waals surface area (Å²) in [5.41, 5.74) is 14.8. The maximum atomic E-state index is 7.30. The lowest BCUT2D eigenvalue weighted by Crippen LogP contribution is -2.25. The van der Waals surface area contributed by atoms with E-state index in [4.69, 9.17) is 9.72 Å². The molecule has 2 aromatic heterocycles. The van der Waals surface area contributed by atoms with Crippen LogP contribution in [0, 0.1) is 0 Å². The normalized spacial score (nSPS) is 13.4. The van der Waals surface area contributed by atoms with Gasteiger partial charge in [0.25, 0.3) is 0 Å². The van der Waals surface area contributed by atoms with E-state index in [2.05, 4.69) is 260 Å². The van der Waals surface area contributed by atoms with Crippen LogP contribution in [0.2, 0.25) is 0 Å². The van der Waals surface area contributed by atoms with E-state index in [-0.39, 0.29) is 21.7 Å². The molecule has 5 heteroatoms. The van der Waals surface area contributed by atoms with Crippen LogP contribution in [0.25, 0.3) is 38.8 Å². The molecule has 0 atom stereocenters. The van der Waals surface area contributed by atoms with Gasteiger partial charge in [-0.3, -0.25) is 4.57 Å². The first kappa shape index (κ1) is 44.7. The van der Waals surface area contributed by atoms with Gasteiger partial charge >= 0.3 is 0 Å². The second-order valence-electron chi connectivity index (χ2n) is 22.3. The fraction of sp³-hybridized carbons (Fsp3) is 0.254. The van der Waals surface area contributed by atoms with Gasteiger partial charge in [-0.2, -0.15) is 0 Å². The third-order valence-corrected chi connectivity index (χ3v) is 14.0. The maximum absolute atomic E-state index is 7.30. The van der Waals surface area contributed by atoms with Gasteiger partial charge in [-0.1, -0.05) is 173 Å². The fourth-order valence-corrected chi connectivity index (χ4v) is 9.91. The van der Waals surface area contributed by atoms with Crippen LogP contribution >= 0.6 is 0 Å². The monoisotopic (exact) mass is 893 g/mol. The van der Waals surface area contributed by atoms with Crippen molar-refractivity contribution in [2.45, 2.75) is 97.8 Å². The Morgan fingerprint density at radius 1 is 0.441 bits per heavy atom. The van der Waals surface area contributed by atoms with Gasteiger partial charge in [0.1, 0.15) is 24.0 Å². The summed E-state index contributed by atoms with van der Waals surface area (Å²) in [4.78, 5) is 9.96. The zero-order chi connectivity index (χ0) is 47.8. The van der Waals surface area contributed by atoms with E-state index >= 15 is 0 Å². The average molecular weight is 893 g/mol. The Balaban J connectivity index is 1.14. The largest absolute Gasteiger partial charge is 0.457 e. The first-order chi connectivity index (χ1) is 32.3. The minimum absolute atomic E-state index is 0.0354. The summed E-state index contributed by atoms with van der Waals surface area (Å²) in [6.45, 7) is 25.8. The van der Waals surface area contributed by atoms with Crippen LogP contribution in [0.1, 0.15) is 104 Å². The molecule has 3 heterocycles. The predicted molar refractivity (Wildman–Crippen MR) is 287 cm³/mol. The number of pyridine rings is 1.